The minimum atomic E-state index is 0.611. The lowest BCUT2D eigenvalue weighted by molar-refractivity contribution is 0.221. The summed E-state index contributed by atoms with van der Waals surface area (Å²) < 4.78 is 1.14. The molecular weight excluding hydrogens is 288 g/mol. The van der Waals surface area contributed by atoms with Gasteiger partial charge in [0.2, 0.25) is 0 Å². The molecule has 1 rings (SSSR count). The van der Waals surface area contributed by atoms with Crippen molar-refractivity contribution in [2.24, 2.45) is 0 Å². The number of benzene rings is 1. The topological polar surface area (TPSA) is 15.3 Å². The molecule has 0 amide bonds. The molecule has 0 spiro atoms. The Kier molecular flexibility index (Phi) is 7.56. The molecule has 18 heavy (non-hydrogen) atoms. The van der Waals surface area contributed by atoms with Crippen LogP contribution in [0.25, 0.3) is 0 Å². The van der Waals surface area contributed by atoms with Gasteiger partial charge in [-0.1, -0.05) is 41.9 Å². The molecule has 0 fully saturated rings. The van der Waals surface area contributed by atoms with Crippen LogP contribution in [0.5, 0.6) is 0 Å². The zero-order valence-electron chi connectivity index (χ0n) is 11.7. The van der Waals surface area contributed by atoms with Crippen LogP contribution in [0.2, 0.25) is 0 Å². The fraction of sp³-hybridized carbons (Fsp3) is 0.600. The fourth-order valence-electron chi connectivity index (χ4n) is 2.06. The molecule has 1 unspecified atom stereocenters. The third kappa shape index (κ3) is 5.51. The Labute approximate surface area is 120 Å². The average Bonchev–Trinajstić information content (AvgIpc) is 2.37. The summed E-state index contributed by atoms with van der Waals surface area (Å²) in [5, 5.41) is 3.51. The molecule has 0 saturated heterocycles. The van der Waals surface area contributed by atoms with Crippen LogP contribution in [-0.2, 0) is 6.54 Å². The number of hydrogen-bond donors (Lipinski definition) is 1. The van der Waals surface area contributed by atoms with Crippen molar-refractivity contribution < 1.29 is 0 Å². The summed E-state index contributed by atoms with van der Waals surface area (Å²) in [5.41, 5.74) is 1.37. The zero-order valence-corrected chi connectivity index (χ0v) is 13.3. The average molecular weight is 313 g/mol. The zero-order chi connectivity index (χ0) is 13.4. The highest BCUT2D eigenvalue weighted by atomic mass is 79.9. The molecule has 1 aromatic rings. The maximum atomic E-state index is 3.51. The van der Waals surface area contributed by atoms with Gasteiger partial charge in [-0.3, -0.25) is 4.90 Å². The Balaban J connectivity index is 2.45. The van der Waals surface area contributed by atoms with Crippen molar-refractivity contribution >= 4 is 15.9 Å². The number of halogens is 1. The second kappa shape index (κ2) is 8.68. The minimum absolute atomic E-state index is 0.611. The molecule has 0 aromatic heterocycles. The first-order valence-electron chi connectivity index (χ1n) is 6.82. The van der Waals surface area contributed by atoms with Gasteiger partial charge in [-0.25, -0.2) is 0 Å². The van der Waals surface area contributed by atoms with E-state index in [0.29, 0.717) is 6.04 Å². The van der Waals surface area contributed by atoms with E-state index in [1.54, 1.807) is 0 Å². The molecule has 1 aromatic carbocycles. The van der Waals surface area contributed by atoms with Crippen LogP contribution < -0.4 is 5.32 Å². The predicted octanol–water partition coefficient (Wildman–Crippen LogP) is 3.66. The summed E-state index contributed by atoms with van der Waals surface area (Å²) in [6.45, 7) is 7.68. The normalized spacial score (nSPS) is 12.9. The van der Waals surface area contributed by atoms with Crippen LogP contribution in [0.4, 0.5) is 0 Å². The van der Waals surface area contributed by atoms with Crippen molar-refractivity contribution in [3.63, 3.8) is 0 Å². The maximum Gasteiger partial charge on any atom is 0.0234 e. The molecule has 102 valence electrons. The first-order valence-corrected chi connectivity index (χ1v) is 7.62. The van der Waals surface area contributed by atoms with Gasteiger partial charge in [0.25, 0.3) is 0 Å². The van der Waals surface area contributed by atoms with E-state index in [-0.39, 0.29) is 0 Å². The second-order valence-corrected chi connectivity index (χ2v) is 5.72. The number of rotatable bonds is 8. The van der Waals surface area contributed by atoms with E-state index in [1.165, 1.54) is 18.4 Å². The van der Waals surface area contributed by atoms with Gasteiger partial charge in [0, 0.05) is 23.6 Å². The van der Waals surface area contributed by atoms with Crippen LogP contribution in [0, 0.1) is 0 Å². The standard InChI is InChI=1S/C15H25BrN2/c1-4-10-17-11-15(5-2)18(3)12-13-6-8-14(16)9-7-13/h6-9,15,17H,4-5,10-12H2,1-3H3. The lowest BCUT2D eigenvalue weighted by Crippen LogP contribution is -2.39. The van der Waals surface area contributed by atoms with Gasteiger partial charge in [-0.15, -0.1) is 0 Å². The van der Waals surface area contributed by atoms with E-state index in [0.717, 1.165) is 24.1 Å². The van der Waals surface area contributed by atoms with Crippen molar-refractivity contribution in [2.75, 3.05) is 20.1 Å². The van der Waals surface area contributed by atoms with Gasteiger partial charge in [0.1, 0.15) is 0 Å². The van der Waals surface area contributed by atoms with E-state index in [2.05, 4.69) is 71.3 Å². The van der Waals surface area contributed by atoms with Crippen molar-refractivity contribution in [1.29, 1.82) is 0 Å². The lowest BCUT2D eigenvalue weighted by atomic mass is 10.1. The molecule has 0 aliphatic rings. The summed E-state index contributed by atoms with van der Waals surface area (Å²) >= 11 is 3.47. The number of nitrogens with one attached hydrogen (secondary N) is 1. The Hall–Kier alpha value is -0.380. The fourth-order valence-corrected chi connectivity index (χ4v) is 2.33. The van der Waals surface area contributed by atoms with Crippen molar-refractivity contribution in [3.05, 3.63) is 34.3 Å². The van der Waals surface area contributed by atoms with Gasteiger partial charge in [0.15, 0.2) is 0 Å². The Bertz CT molecular complexity index is 324. The predicted molar refractivity (Wildman–Crippen MR) is 82.8 cm³/mol. The molecule has 0 aliphatic heterocycles. The molecule has 0 radical (unpaired) electrons. The van der Waals surface area contributed by atoms with Crippen molar-refractivity contribution in [1.82, 2.24) is 10.2 Å². The second-order valence-electron chi connectivity index (χ2n) is 4.81. The van der Waals surface area contributed by atoms with E-state index in [4.69, 9.17) is 0 Å². The van der Waals surface area contributed by atoms with Crippen LogP contribution in [0.3, 0.4) is 0 Å². The number of nitrogens with zero attached hydrogens (tertiary/aromatic N) is 1. The molecular formula is C15H25BrN2. The van der Waals surface area contributed by atoms with E-state index in [9.17, 15) is 0 Å². The smallest absolute Gasteiger partial charge is 0.0234 e. The molecule has 2 nitrogen and oxygen atoms in total. The summed E-state index contributed by atoms with van der Waals surface area (Å²) in [4.78, 5) is 2.44. The van der Waals surface area contributed by atoms with E-state index < -0.39 is 0 Å². The number of likely N-dealkylation sites (N-methyl/N-ethyl adjacent to an activating group) is 1. The van der Waals surface area contributed by atoms with Crippen LogP contribution in [0.15, 0.2) is 28.7 Å². The van der Waals surface area contributed by atoms with Crippen molar-refractivity contribution in [2.45, 2.75) is 39.3 Å². The quantitative estimate of drug-likeness (QED) is 0.737. The summed E-state index contributed by atoms with van der Waals surface area (Å²) in [6, 6.07) is 9.21. The Morgan fingerprint density at radius 1 is 1.22 bits per heavy atom. The highest BCUT2D eigenvalue weighted by molar-refractivity contribution is 9.10. The maximum absolute atomic E-state index is 3.51. The summed E-state index contributed by atoms with van der Waals surface area (Å²) in [7, 11) is 2.21. The first-order chi connectivity index (χ1) is 8.67. The highest BCUT2D eigenvalue weighted by Crippen LogP contribution is 2.13. The molecule has 0 bridgehead atoms. The van der Waals surface area contributed by atoms with Gasteiger partial charge in [0.05, 0.1) is 0 Å². The minimum Gasteiger partial charge on any atom is -0.315 e. The molecule has 0 saturated carbocycles. The highest BCUT2D eigenvalue weighted by Gasteiger charge is 2.12. The Morgan fingerprint density at radius 2 is 1.89 bits per heavy atom. The third-order valence-electron chi connectivity index (χ3n) is 3.25. The van der Waals surface area contributed by atoms with Gasteiger partial charge >= 0.3 is 0 Å². The van der Waals surface area contributed by atoms with Crippen molar-refractivity contribution in [3.8, 4) is 0 Å². The third-order valence-corrected chi connectivity index (χ3v) is 3.78. The molecule has 3 heteroatoms. The Morgan fingerprint density at radius 3 is 2.44 bits per heavy atom. The lowest BCUT2D eigenvalue weighted by Gasteiger charge is -2.27. The molecule has 1 atom stereocenters. The monoisotopic (exact) mass is 312 g/mol. The number of hydrogen-bond acceptors (Lipinski definition) is 2. The summed E-state index contributed by atoms with van der Waals surface area (Å²) in [5.74, 6) is 0. The largest absolute Gasteiger partial charge is 0.315 e. The van der Waals surface area contributed by atoms with Crippen LogP contribution in [0.1, 0.15) is 32.3 Å². The van der Waals surface area contributed by atoms with Crippen LogP contribution >= 0.6 is 15.9 Å². The van der Waals surface area contributed by atoms with Crippen LogP contribution in [-0.4, -0.2) is 31.1 Å². The van der Waals surface area contributed by atoms with E-state index >= 15 is 0 Å². The van der Waals surface area contributed by atoms with E-state index in [1.807, 2.05) is 0 Å². The first kappa shape index (κ1) is 15.7. The SMILES string of the molecule is CCCNCC(CC)N(C)Cc1ccc(Br)cc1. The van der Waals surface area contributed by atoms with Gasteiger partial charge in [-0.05, 0) is 44.1 Å². The van der Waals surface area contributed by atoms with Gasteiger partial charge in [-0.2, -0.15) is 0 Å². The van der Waals surface area contributed by atoms with Gasteiger partial charge < -0.3 is 5.32 Å². The molecule has 1 N–H and O–H groups in total. The molecule has 0 heterocycles. The molecule has 0 aliphatic carbocycles. The summed E-state index contributed by atoms with van der Waals surface area (Å²) in [6.07, 6.45) is 2.39.